The molecule has 0 aliphatic carbocycles. The highest BCUT2D eigenvalue weighted by molar-refractivity contribution is 7.99. The van der Waals surface area contributed by atoms with E-state index in [1.807, 2.05) is 38.1 Å². The van der Waals surface area contributed by atoms with Gasteiger partial charge in [0.05, 0.1) is 16.8 Å². The summed E-state index contributed by atoms with van der Waals surface area (Å²) in [6.07, 6.45) is 5.28. The molecule has 32 heavy (non-hydrogen) atoms. The number of unbranched alkanes of at least 4 members (excludes halogenated alkanes) is 1. The van der Waals surface area contributed by atoms with Crippen LogP contribution in [0, 0.1) is 0 Å². The van der Waals surface area contributed by atoms with Gasteiger partial charge in [-0.2, -0.15) is 0 Å². The van der Waals surface area contributed by atoms with Crippen molar-refractivity contribution in [3.05, 3.63) is 24.3 Å². The monoisotopic (exact) mass is 456 g/mol. The minimum atomic E-state index is -0.00723. The van der Waals surface area contributed by atoms with Crippen molar-refractivity contribution in [1.29, 1.82) is 0 Å². The lowest BCUT2D eigenvalue weighted by Gasteiger charge is -2.39. The van der Waals surface area contributed by atoms with Crippen molar-refractivity contribution in [2.75, 3.05) is 12.3 Å². The van der Waals surface area contributed by atoms with Crippen molar-refractivity contribution in [2.24, 2.45) is 0 Å². The zero-order valence-electron chi connectivity index (χ0n) is 19.1. The van der Waals surface area contributed by atoms with E-state index in [4.69, 9.17) is 0 Å². The van der Waals surface area contributed by atoms with Gasteiger partial charge in [-0.1, -0.05) is 37.2 Å². The van der Waals surface area contributed by atoms with Crippen LogP contribution in [0.25, 0.3) is 16.8 Å². The first-order chi connectivity index (χ1) is 15.5. The third-order valence-electron chi connectivity index (χ3n) is 6.23. The quantitative estimate of drug-likeness (QED) is 0.414. The molecular weight excluding hydrogens is 424 g/mol. The molecule has 1 saturated heterocycles. The lowest BCUT2D eigenvalue weighted by Crippen LogP contribution is -2.48. The van der Waals surface area contributed by atoms with Crippen molar-refractivity contribution in [1.82, 2.24) is 29.4 Å². The molecule has 0 saturated carbocycles. The number of hydrogen-bond donors (Lipinski definition) is 1. The van der Waals surface area contributed by atoms with E-state index in [-0.39, 0.29) is 36.2 Å². The van der Waals surface area contributed by atoms with Crippen LogP contribution in [0.15, 0.2) is 29.4 Å². The third-order valence-corrected chi connectivity index (χ3v) is 7.16. The highest BCUT2D eigenvalue weighted by atomic mass is 32.2. The van der Waals surface area contributed by atoms with Gasteiger partial charge in [0.2, 0.25) is 17.6 Å². The maximum atomic E-state index is 13.3. The zero-order valence-corrected chi connectivity index (χ0v) is 19.9. The van der Waals surface area contributed by atoms with E-state index < -0.39 is 0 Å². The van der Waals surface area contributed by atoms with E-state index in [1.54, 1.807) is 0 Å². The average Bonchev–Trinajstić information content (AvgIpc) is 3.32. The SMILES string of the molecule is CCCCNC(=O)CSc1nnc2n(CC(=O)N3[C@H](C)CCC[C@@H]3C)c3ccccc3n12. The van der Waals surface area contributed by atoms with Gasteiger partial charge in [-0.25, -0.2) is 0 Å². The van der Waals surface area contributed by atoms with E-state index in [0.29, 0.717) is 17.5 Å². The van der Waals surface area contributed by atoms with Gasteiger partial charge in [0, 0.05) is 18.6 Å². The Hall–Kier alpha value is -2.55. The second-order valence-corrected chi connectivity index (χ2v) is 9.56. The number of carbonyl (C=O) groups is 2. The summed E-state index contributed by atoms with van der Waals surface area (Å²) in [7, 11) is 0. The maximum absolute atomic E-state index is 13.3. The second kappa shape index (κ2) is 9.94. The molecule has 1 aliphatic heterocycles. The van der Waals surface area contributed by atoms with E-state index in [1.165, 1.54) is 18.2 Å². The van der Waals surface area contributed by atoms with Gasteiger partial charge in [-0.3, -0.25) is 18.6 Å². The first-order valence-corrected chi connectivity index (χ1v) is 12.5. The molecule has 0 unspecified atom stereocenters. The highest BCUT2D eigenvalue weighted by Gasteiger charge is 2.30. The van der Waals surface area contributed by atoms with Crippen molar-refractivity contribution in [3.8, 4) is 0 Å². The Balaban J connectivity index is 1.59. The van der Waals surface area contributed by atoms with E-state index >= 15 is 0 Å². The van der Waals surface area contributed by atoms with Gasteiger partial charge in [0.15, 0.2) is 5.16 Å². The second-order valence-electron chi connectivity index (χ2n) is 8.61. The number of aromatic nitrogens is 4. The molecule has 0 radical (unpaired) electrons. The van der Waals surface area contributed by atoms with Crippen LogP contribution in [0.5, 0.6) is 0 Å². The van der Waals surface area contributed by atoms with E-state index in [9.17, 15) is 9.59 Å². The summed E-state index contributed by atoms with van der Waals surface area (Å²) >= 11 is 1.37. The summed E-state index contributed by atoms with van der Waals surface area (Å²) in [5.74, 6) is 1.02. The number of carbonyl (C=O) groups excluding carboxylic acids is 2. The molecule has 0 spiro atoms. The van der Waals surface area contributed by atoms with Crippen molar-refractivity contribution >= 4 is 40.4 Å². The Morgan fingerprint density at radius 2 is 1.84 bits per heavy atom. The number of hydrogen-bond acceptors (Lipinski definition) is 5. The Kier molecular flexibility index (Phi) is 7.03. The van der Waals surface area contributed by atoms with Gasteiger partial charge in [-0.05, 0) is 51.7 Å². The van der Waals surface area contributed by atoms with Crippen molar-refractivity contribution in [3.63, 3.8) is 0 Å². The number of para-hydroxylation sites is 2. The molecular formula is C23H32N6O2S. The molecule has 1 fully saturated rings. The summed E-state index contributed by atoms with van der Waals surface area (Å²) < 4.78 is 3.90. The maximum Gasteiger partial charge on any atom is 0.243 e. The van der Waals surface area contributed by atoms with Crippen LogP contribution >= 0.6 is 11.8 Å². The number of nitrogens with zero attached hydrogens (tertiary/aromatic N) is 5. The molecule has 8 nitrogen and oxygen atoms in total. The Labute approximate surface area is 192 Å². The smallest absolute Gasteiger partial charge is 0.243 e. The third kappa shape index (κ3) is 4.48. The fourth-order valence-electron chi connectivity index (χ4n) is 4.60. The minimum absolute atomic E-state index is 0.00723. The zero-order chi connectivity index (χ0) is 22.7. The van der Waals surface area contributed by atoms with Crippen LogP contribution in [-0.4, -0.2) is 60.3 Å². The topological polar surface area (TPSA) is 84.5 Å². The normalized spacial score (nSPS) is 19.0. The average molecular weight is 457 g/mol. The number of likely N-dealkylation sites (tertiary alicyclic amines) is 1. The largest absolute Gasteiger partial charge is 0.355 e. The Morgan fingerprint density at radius 3 is 2.56 bits per heavy atom. The van der Waals surface area contributed by atoms with Gasteiger partial charge in [0.1, 0.15) is 6.54 Å². The predicted octanol–water partition coefficient (Wildman–Crippen LogP) is 3.48. The number of benzene rings is 1. The fraction of sp³-hybridized carbons (Fsp3) is 0.565. The Bertz CT molecular complexity index is 1100. The molecule has 4 rings (SSSR count). The summed E-state index contributed by atoms with van der Waals surface area (Å²) in [6, 6.07) is 8.44. The molecule has 1 aliphatic rings. The van der Waals surface area contributed by atoms with Crippen LogP contribution in [0.2, 0.25) is 0 Å². The fourth-order valence-corrected chi connectivity index (χ4v) is 5.37. The van der Waals surface area contributed by atoms with Gasteiger partial charge in [0.25, 0.3) is 0 Å². The van der Waals surface area contributed by atoms with Gasteiger partial charge in [-0.15, -0.1) is 10.2 Å². The number of amides is 2. The predicted molar refractivity (Wildman–Crippen MR) is 127 cm³/mol. The molecule has 0 bridgehead atoms. The molecule has 3 aromatic rings. The molecule has 2 aromatic heterocycles. The van der Waals surface area contributed by atoms with Crippen LogP contribution in [0.4, 0.5) is 0 Å². The van der Waals surface area contributed by atoms with Crippen LogP contribution in [-0.2, 0) is 16.1 Å². The molecule has 172 valence electrons. The molecule has 2 atom stereocenters. The number of fused-ring (bicyclic) bond motifs is 3. The van der Waals surface area contributed by atoms with Crippen molar-refractivity contribution < 1.29 is 9.59 Å². The number of nitrogens with one attached hydrogen (secondary N) is 1. The van der Waals surface area contributed by atoms with E-state index in [2.05, 4.69) is 36.3 Å². The minimum Gasteiger partial charge on any atom is -0.355 e. The molecule has 1 N–H and O–H groups in total. The van der Waals surface area contributed by atoms with Crippen LogP contribution in [0.1, 0.15) is 52.9 Å². The number of piperidine rings is 1. The summed E-state index contributed by atoms with van der Waals surface area (Å²) in [5, 5.41) is 12.3. The highest BCUT2D eigenvalue weighted by Crippen LogP contribution is 2.27. The van der Waals surface area contributed by atoms with Crippen LogP contribution in [0.3, 0.4) is 0 Å². The number of rotatable bonds is 8. The van der Waals surface area contributed by atoms with Gasteiger partial charge >= 0.3 is 0 Å². The summed E-state index contributed by atoms with van der Waals surface area (Å²) in [6.45, 7) is 7.29. The van der Waals surface area contributed by atoms with Crippen LogP contribution < -0.4 is 5.32 Å². The number of imidazole rings is 1. The summed E-state index contributed by atoms with van der Waals surface area (Å²) in [4.78, 5) is 27.5. The summed E-state index contributed by atoms with van der Waals surface area (Å²) in [5.41, 5.74) is 1.88. The molecule has 9 heteroatoms. The lowest BCUT2D eigenvalue weighted by molar-refractivity contribution is -0.137. The lowest BCUT2D eigenvalue weighted by atomic mass is 9.97. The molecule has 1 aromatic carbocycles. The molecule has 2 amide bonds. The van der Waals surface area contributed by atoms with Crippen molar-refractivity contribution in [2.45, 2.75) is 76.7 Å². The van der Waals surface area contributed by atoms with E-state index in [0.717, 1.165) is 36.7 Å². The first kappa shape index (κ1) is 22.6. The van der Waals surface area contributed by atoms with Gasteiger partial charge < -0.3 is 10.2 Å². The Morgan fingerprint density at radius 1 is 1.12 bits per heavy atom. The number of thioether (sulfide) groups is 1. The first-order valence-electron chi connectivity index (χ1n) is 11.5. The standard InChI is InChI=1S/C23H32N6O2S/c1-4-5-13-24-20(30)15-32-23-26-25-22-27(18-11-6-7-12-19(18)29(22)23)14-21(31)28-16(2)9-8-10-17(28)3/h6-7,11-12,16-17H,4-5,8-10,13-15H2,1-3H3,(H,24,30)/t16-,17+. The molecule has 3 heterocycles.